The summed E-state index contributed by atoms with van der Waals surface area (Å²) < 4.78 is 55.6. The number of carbonyl (C=O) groups is 3. The number of fused-ring (bicyclic) bond motifs is 1. The highest BCUT2D eigenvalue weighted by atomic mass is 32.2. The third-order valence-electron chi connectivity index (χ3n) is 5.62. The van der Waals surface area contributed by atoms with Crippen LogP contribution in [0, 0.1) is 23.3 Å². The quantitative estimate of drug-likeness (QED) is 0.414. The van der Waals surface area contributed by atoms with Crippen LogP contribution in [-0.4, -0.2) is 29.8 Å². The van der Waals surface area contributed by atoms with E-state index in [0.717, 1.165) is 42.1 Å². The van der Waals surface area contributed by atoms with Crippen molar-refractivity contribution < 1.29 is 31.9 Å². The normalized spacial score (nSPS) is 17.8. The maximum atomic E-state index is 14.8. The monoisotopic (exact) mass is 531 g/mol. The molecule has 0 bridgehead atoms. The van der Waals surface area contributed by atoms with Crippen molar-refractivity contribution in [1.29, 1.82) is 0 Å². The summed E-state index contributed by atoms with van der Waals surface area (Å²) in [6, 6.07) is 9.99. The molecule has 0 spiro atoms. The summed E-state index contributed by atoms with van der Waals surface area (Å²) in [6.45, 7) is 1.39. The summed E-state index contributed by atoms with van der Waals surface area (Å²) in [6.07, 6.45) is -0.459. The van der Waals surface area contributed by atoms with Crippen LogP contribution < -0.4 is 16.0 Å². The number of rotatable bonds is 6. The van der Waals surface area contributed by atoms with E-state index in [1.54, 1.807) is 24.3 Å². The first-order valence-corrected chi connectivity index (χ1v) is 12.0. The molecule has 0 saturated carbocycles. The lowest BCUT2D eigenvalue weighted by Crippen LogP contribution is -2.53. The Labute approximate surface area is 213 Å². The highest BCUT2D eigenvalue weighted by Crippen LogP contribution is 2.44. The van der Waals surface area contributed by atoms with Crippen LogP contribution >= 0.6 is 11.8 Å². The lowest BCUT2D eigenvalue weighted by Gasteiger charge is -2.27. The molecule has 11 heteroatoms. The number of nitrogens with one attached hydrogen (secondary N) is 3. The van der Waals surface area contributed by atoms with Gasteiger partial charge < -0.3 is 5.32 Å². The number of imide groups is 1. The first-order chi connectivity index (χ1) is 17.6. The van der Waals surface area contributed by atoms with E-state index in [0.29, 0.717) is 16.6 Å². The number of halogens is 4. The third kappa shape index (κ3) is 6.36. The highest BCUT2D eigenvalue weighted by Gasteiger charge is 2.37. The summed E-state index contributed by atoms with van der Waals surface area (Å²) in [5.74, 6) is -5.38. The minimum atomic E-state index is -1.21. The van der Waals surface area contributed by atoms with Crippen LogP contribution in [-0.2, 0) is 20.8 Å². The molecule has 1 aliphatic heterocycles. The van der Waals surface area contributed by atoms with E-state index >= 15 is 0 Å². The second-order valence-corrected chi connectivity index (χ2v) is 9.61. The number of benzene rings is 3. The van der Waals surface area contributed by atoms with Crippen LogP contribution in [0.4, 0.5) is 23.2 Å². The topological polar surface area (TPSA) is 87.3 Å². The molecule has 6 nitrogen and oxygen atoms in total. The molecule has 0 unspecified atom stereocenters. The van der Waals surface area contributed by atoms with E-state index in [1.807, 2.05) is 0 Å². The van der Waals surface area contributed by atoms with E-state index in [1.165, 1.54) is 6.92 Å². The van der Waals surface area contributed by atoms with Crippen molar-refractivity contribution in [2.24, 2.45) is 0 Å². The van der Waals surface area contributed by atoms with Gasteiger partial charge in [0.2, 0.25) is 17.7 Å². The molecule has 1 aliphatic rings. The Kier molecular flexibility index (Phi) is 7.94. The molecule has 0 aliphatic carbocycles. The fraction of sp³-hybridized carbons (Fsp3) is 0.192. The molecule has 3 aromatic rings. The van der Waals surface area contributed by atoms with Crippen molar-refractivity contribution >= 4 is 35.2 Å². The van der Waals surface area contributed by atoms with E-state index < -0.39 is 64.7 Å². The molecular weight excluding hydrogens is 510 g/mol. The fourth-order valence-corrected chi connectivity index (χ4v) is 5.22. The van der Waals surface area contributed by atoms with Crippen molar-refractivity contribution in [1.82, 2.24) is 10.6 Å². The Morgan fingerprint density at radius 3 is 2.41 bits per heavy atom. The Balaban J connectivity index is 1.54. The summed E-state index contributed by atoms with van der Waals surface area (Å²) in [4.78, 5) is 38.8. The smallest absolute Gasteiger partial charge is 0.243 e. The zero-order chi connectivity index (χ0) is 26.7. The highest BCUT2D eigenvalue weighted by molar-refractivity contribution is 7.99. The van der Waals surface area contributed by atoms with Crippen molar-refractivity contribution in [2.75, 3.05) is 5.32 Å². The predicted molar refractivity (Wildman–Crippen MR) is 130 cm³/mol. The third-order valence-corrected chi connectivity index (χ3v) is 7.01. The molecule has 37 heavy (non-hydrogen) atoms. The molecule has 3 amide bonds. The van der Waals surface area contributed by atoms with Gasteiger partial charge in [0.05, 0.1) is 23.4 Å². The summed E-state index contributed by atoms with van der Waals surface area (Å²) in [7, 11) is 0. The van der Waals surface area contributed by atoms with E-state index in [-0.39, 0.29) is 11.1 Å². The van der Waals surface area contributed by atoms with Crippen LogP contribution in [0.2, 0.25) is 0 Å². The molecular formula is C26H21F4N3O3S. The molecule has 3 aromatic carbocycles. The molecule has 1 heterocycles. The molecule has 0 saturated heterocycles. The van der Waals surface area contributed by atoms with E-state index in [4.69, 9.17) is 0 Å². The van der Waals surface area contributed by atoms with Crippen molar-refractivity contribution in [3.63, 3.8) is 0 Å². The predicted octanol–water partition coefficient (Wildman–Crippen LogP) is 4.26. The number of hydrogen-bond donors (Lipinski definition) is 3. The standard InChI is InChI=1S/C26H21F4N3O3S/c1-13(25(35)33-22(34)10-14-8-16(28)11-17(29)9-14)31-23-24(18-12-15(27)6-7-19(18)30)37-21-5-3-2-4-20(21)32-26(23)36/h2-9,11-13,23-24,31H,10H2,1H3,(H,32,36)(H,33,34,35)/t13-,23-,24+/m0/s1. The van der Waals surface area contributed by atoms with Gasteiger partial charge in [-0.1, -0.05) is 12.1 Å². The van der Waals surface area contributed by atoms with Gasteiger partial charge in [0, 0.05) is 16.5 Å². The maximum absolute atomic E-state index is 14.8. The first-order valence-electron chi connectivity index (χ1n) is 11.2. The van der Waals surface area contributed by atoms with Crippen LogP contribution in [0.25, 0.3) is 0 Å². The number of carbonyl (C=O) groups excluding carboxylic acids is 3. The van der Waals surface area contributed by atoms with Gasteiger partial charge in [-0.2, -0.15) is 0 Å². The Morgan fingerprint density at radius 2 is 1.68 bits per heavy atom. The number of hydrogen-bond acceptors (Lipinski definition) is 5. The minimum absolute atomic E-state index is 0.0300. The van der Waals surface area contributed by atoms with Crippen LogP contribution in [0.1, 0.15) is 23.3 Å². The molecule has 192 valence electrons. The van der Waals surface area contributed by atoms with Crippen molar-refractivity contribution in [3.8, 4) is 0 Å². The average molecular weight is 532 g/mol. The lowest BCUT2D eigenvalue weighted by molar-refractivity contribution is -0.131. The molecule has 0 radical (unpaired) electrons. The van der Waals surface area contributed by atoms with Gasteiger partial charge >= 0.3 is 0 Å². The van der Waals surface area contributed by atoms with Gasteiger partial charge in [0.1, 0.15) is 29.3 Å². The van der Waals surface area contributed by atoms with Crippen molar-refractivity contribution in [3.05, 3.63) is 95.1 Å². The van der Waals surface area contributed by atoms with Crippen LogP contribution in [0.3, 0.4) is 0 Å². The Hall–Kier alpha value is -3.70. The molecule has 0 fully saturated rings. The second kappa shape index (κ2) is 11.1. The van der Waals surface area contributed by atoms with Gasteiger partial charge in [0.15, 0.2) is 0 Å². The number of para-hydroxylation sites is 1. The number of thioether (sulfide) groups is 1. The second-order valence-electron chi connectivity index (χ2n) is 8.42. The Morgan fingerprint density at radius 1 is 0.973 bits per heavy atom. The van der Waals surface area contributed by atoms with Crippen molar-refractivity contribution in [2.45, 2.75) is 35.6 Å². The zero-order valence-corrected chi connectivity index (χ0v) is 20.2. The maximum Gasteiger partial charge on any atom is 0.243 e. The first kappa shape index (κ1) is 26.4. The fourth-order valence-electron chi connectivity index (χ4n) is 3.90. The van der Waals surface area contributed by atoms with Gasteiger partial charge in [-0.25, -0.2) is 17.6 Å². The largest absolute Gasteiger partial charge is 0.324 e. The van der Waals surface area contributed by atoms with Crippen LogP contribution in [0.15, 0.2) is 65.6 Å². The minimum Gasteiger partial charge on any atom is -0.324 e. The van der Waals surface area contributed by atoms with E-state index in [2.05, 4.69) is 16.0 Å². The Bertz CT molecular complexity index is 1350. The summed E-state index contributed by atoms with van der Waals surface area (Å²) >= 11 is 1.12. The van der Waals surface area contributed by atoms with Gasteiger partial charge in [-0.05, 0) is 55.0 Å². The van der Waals surface area contributed by atoms with Gasteiger partial charge in [-0.3, -0.25) is 25.0 Å². The molecule has 3 atom stereocenters. The number of amides is 3. The molecule has 3 N–H and O–H groups in total. The van der Waals surface area contributed by atoms with Gasteiger partial charge in [0.25, 0.3) is 0 Å². The van der Waals surface area contributed by atoms with E-state index in [9.17, 15) is 31.9 Å². The SMILES string of the molecule is C[C@H](N[C@@H]1C(=O)Nc2ccccc2S[C@@H]1c1cc(F)ccc1F)C(=O)NC(=O)Cc1cc(F)cc(F)c1. The summed E-state index contributed by atoms with van der Waals surface area (Å²) in [5, 5.41) is 6.70. The van der Waals surface area contributed by atoms with Crippen LogP contribution in [0.5, 0.6) is 0 Å². The summed E-state index contributed by atoms with van der Waals surface area (Å²) in [5.41, 5.74) is 0.423. The number of anilines is 1. The molecule has 0 aromatic heterocycles. The lowest BCUT2D eigenvalue weighted by atomic mass is 10.0. The average Bonchev–Trinajstić information content (AvgIpc) is 2.96. The zero-order valence-electron chi connectivity index (χ0n) is 19.4. The molecule has 4 rings (SSSR count). The van der Waals surface area contributed by atoms with Gasteiger partial charge in [-0.15, -0.1) is 11.8 Å².